The van der Waals surface area contributed by atoms with Crippen LogP contribution in [0.5, 0.6) is 0 Å². The summed E-state index contributed by atoms with van der Waals surface area (Å²) in [7, 11) is 0. The summed E-state index contributed by atoms with van der Waals surface area (Å²) in [4.78, 5) is 24.2. The Morgan fingerprint density at radius 2 is 1.95 bits per heavy atom. The van der Waals surface area contributed by atoms with Crippen LogP contribution < -0.4 is 17.0 Å². The molecule has 6 heteroatoms. The Morgan fingerprint density at radius 1 is 1.32 bits per heavy atom. The van der Waals surface area contributed by atoms with E-state index < -0.39 is 11.4 Å². The lowest BCUT2D eigenvalue weighted by atomic mass is 10.3. The van der Waals surface area contributed by atoms with Crippen molar-refractivity contribution < 1.29 is 0 Å². The molecule has 102 valence electrons. The minimum atomic E-state index is -0.584. The average molecular weight is 262 g/mol. The van der Waals surface area contributed by atoms with Crippen molar-refractivity contribution in [3.8, 4) is 12.3 Å². The number of rotatable bonds is 5. The van der Waals surface area contributed by atoms with Gasteiger partial charge < -0.3 is 0 Å². The molecule has 0 aromatic carbocycles. The lowest BCUT2D eigenvalue weighted by Gasteiger charge is -2.11. The molecular formula is C13H18N4O2. The molecule has 19 heavy (non-hydrogen) atoms. The van der Waals surface area contributed by atoms with E-state index in [9.17, 15) is 9.59 Å². The van der Waals surface area contributed by atoms with Crippen LogP contribution in [-0.2, 0) is 13.1 Å². The number of terminal acetylenes is 1. The maximum absolute atomic E-state index is 12.2. The molecule has 0 saturated carbocycles. The molecule has 1 aromatic heterocycles. The molecule has 0 aliphatic rings. The van der Waals surface area contributed by atoms with Gasteiger partial charge in [-0.15, -0.1) is 6.42 Å². The van der Waals surface area contributed by atoms with Gasteiger partial charge in [0, 0.05) is 12.7 Å². The Balaban J connectivity index is 3.65. The molecule has 0 atom stereocenters. The molecule has 0 radical (unpaired) electrons. The van der Waals surface area contributed by atoms with Crippen LogP contribution in [0.4, 0.5) is 0 Å². The Bertz CT molecular complexity index is 683. The third-order valence-electron chi connectivity index (χ3n) is 2.67. The maximum atomic E-state index is 12.2. The Hall–Kier alpha value is -2.29. The topological polar surface area (TPSA) is 72.8 Å². The second-order valence-corrected chi connectivity index (χ2v) is 4.04. The summed E-state index contributed by atoms with van der Waals surface area (Å²) in [5.74, 6) is 2.33. The zero-order valence-electron chi connectivity index (χ0n) is 11.2. The zero-order chi connectivity index (χ0) is 14.4. The molecule has 1 heterocycles. The molecule has 1 N–H and O–H groups in total. The minimum absolute atomic E-state index is 0.0262. The van der Waals surface area contributed by atoms with E-state index >= 15 is 0 Å². The Morgan fingerprint density at radius 3 is 2.47 bits per heavy atom. The van der Waals surface area contributed by atoms with Crippen LogP contribution in [0.25, 0.3) is 6.20 Å². The van der Waals surface area contributed by atoms with Crippen LogP contribution >= 0.6 is 0 Å². The number of allylic oxidation sites excluding steroid dienone is 1. The SMILES string of the molecule is C#CCn1c(=O)n(/C=C\C)c(=O)n(CCCC)c1=N. The van der Waals surface area contributed by atoms with Gasteiger partial charge in [0.25, 0.3) is 0 Å². The number of hydrogen-bond acceptors (Lipinski definition) is 3. The first kappa shape index (κ1) is 14.8. The van der Waals surface area contributed by atoms with E-state index in [2.05, 4.69) is 5.92 Å². The average Bonchev–Trinajstić information content (AvgIpc) is 2.40. The number of nitrogens with zero attached hydrogens (tertiary/aromatic N) is 3. The molecule has 6 nitrogen and oxygen atoms in total. The zero-order valence-corrected chi connectivity index (χ0v) is 11.2. The van der Waals surface area contributed by atoms with Gasteiger partial charge in [0.2, 0.25) is 5.62 Å². The highest BCUT2D eigenvalue weighted by atomic mass is 16.2. The molecule has 0 amide bonds. The summed E-state index contributed by atoms with van der Waals surface area (Å²) in [6.07, 6.45) is 9.84. The van der Waals surface area contributed by atoms with Crippen LogP contribution in [0.15, 0.2) is 15.7 Å². The van der Waals surface area contributed by atoms with Gasteiger partial charge >= 0.3 is 11.4 Å². The fourth-order valence-electron chi connectivity index (χ4n) is 1.70. The summed E-state index contributed by atoms with van der Waals surface area (Å²) in [6.45, 7) is 4.08. The van der Waals surface area contributed by atoms with E-state index in [1.807, 2.05) is 6.92 Å². The fourth-order valence-corrected chi connectivity index (χ4v) is 1.70. The van der Waals surface area contributed by atoms with Crippen molar-refractivity contribution in [2.24, 2.45) is 0 Å². The maximum Gasteiger partial charge on any atom is 0.339 e. The van der Waals surface area contributed by atoms with Gasteiger partial charge in [0.15, 0.2) is 0 Å². The highest BCUT2D eigenvalue weighted by molar-refractivity contribution is 5.19. The van der Waals surface area contributed by atoms with E-state index in [1.54, 1.807) is 13.0 Å². The standard InChI is InChI=1S/C13H18N4O2/c1-4-7-10-16-11(14)15(8-5-2)12(18)17(9-6-3)13(16)19/h2,6,9,14H,4,7-8,10H2,1,3H3/b9-6-,14-11?. The van der Waals surface area contributed by atoms with Crippen molar-refractivity contribution in [2.75, 3.05) is 0 Å². The second kappa shape index (κ2) is 6.59. The molecular weight excluding hydrogens is 244 g/mol. The highest BCUT2D eigenvalue weighted by Crippen LogP contribution is 1.88. The molecule has 0 saturated heterocycles. The quantitative estimate of drug-likeness (QED) is 0.771. The van der Waals surface area contributed by atoms with E-state index in [0.29, 0.717) is 6.54 Å². The van der Waals surface area contributed by atoms with Gasteiger partial charge in [0.05, 0.1) is 6.54 Å². The monoisotopic (exact) mass is 262 g/mol. The first-order valence-corrected chi connectivity index (χ1v) is 6.15. The fraction of sp³-hybridized carbons (Fsp3) is 0.462. The summed E-state index contributed by atoms with van der Waals surface area (Å²) in [6, 6.07) is 0. The van der Waals surface area contributed by atoms with Crippen molar-refractivity contribution in [3.05, 3.63) is 32.7 Å². The smallest absolute Gasteiger partial charge is 0.268 e. The lowest BCUT2D eigenvalue weighted by Crippen LogP contribution is -2.53. The predicted molar refractivity (Wildman–Crippen MR) is 73.6 cm³/mol. The summed E-state index contributed by atoms with van der Waals surface area (Å²) >= 11 is 0. The van der Waals surface area contributed by atoms with E-state index in [0.717, 1.165) is 22.0 Å². The van der Waals surface area contributed by atoms with Crippen LogP contribution in [0.3, 0.4) is 0 Å². The predicted octanol–water partition coefficient (Wildman–Crippen LogP) is 0.215. The van der Waals surface area contributed by atoms with Gasteiger partial charge in [0.1, 0.15) is 0 Å². The third kappa shape index (κ3) is 2.94. The number of hydrogen-bond donors (Lipinski definition) is 1. The van der Waals surface area contributed by atoms with Crippen LogP contribution in [0, 0.1) is 17.8 Å². The molecule has 0 aliphatic carbocycles. The summed E-state index contributed by atoms with van der Waals surface area (Å²) in [5.41, 5.74) is -1.24. The summed E-state index contributed by atoms with van der Waals surface area (Å²) in [5, 5.41) is 7.93. The van der Waals surface area contributed by atoms with Crippen molar-refractivity contribution in [3.63, 3.8) is 0 Å². The lowest BCUT2D eigenvalue weighted by molar-refractivity contribution is 0.483. The van der Waals surface area contributed by atoms with E-state index in [-0.39, 0.29) is 12.2 Å². The highest BCUT2D eigenvalue weighted by Gasteiger charge is 2.10. The first-order chi connectivity index (χ1) is 9.08. The second-order valence-electron chi connectivity index (χ2n) is 4.04. The summed E-state index contributed by atoms with van der Waals surface area (Å²) < 4.78 is 3.35. The van der Waals surface area contributed by atoms with Gasteiger partial charge in [-0.05, 0) is 13.3 Å². The Kier molecular flexibility index (Phi) is 5.12. The molecule has 0 bridgehead atoms. The number of aromatic nitrogens is 3. The van der Waals surface area contributed by atoms with Gasteiger partial charge in [-0.3, -0.25) is 14.5 Å². The largest absolute Gasteiger partial charge is 0.339 e. The normalized spacial score (nSPS) is 10.8. The molecule has 1 aromatic rings. The molecule has 0 fully saturated rings. The van der Waals surface area contributed by atoms with Gasteiger partial charge in [-0.1, -0.05) is 25.3 Å². The van der Waals surface area contributed by atoms with Crippen molar-refractivity contribution >= 4 is 6.20 Å². The molecule has 0 spiro atoms. The van der Waals surface area contributed by atoms with Crippen LogP contribution in [0.2, 0.25) is 0 Å². The van der Waals surface area contributed by atoms with Gasteiger partial charge in [-0.25, -0.2) is 14.2 Å². The van der Waals surface area contributed by atoms with Crippen molar-refractivity contribution in [1.29, 1.82) is 5.41 Å². The van der Waals surface area contributed by atoms with Gasteiger partial charge in [-0.2, -0.15) is 0 Å². The molecule has 0 aliphatic heterocycles. The number of nitrogens with one attached hydrogen (secondary N) is 1. The van der Waals surface area contributed by atoms with E-state index in [1.165, 1.54) is 10.8 Å². The first-order valence-electron chi connectivity index (χ1n) is 6.15. The van der Waals surface area contributed by atoms with E-state index in [4.69, 9.17) is 11.8 Å². The minimum Gasteiger partial charge on any atom is -0.268 e. The molecule has 0 unspecified atom stereocenters. The van der Waals surface area contributed by atoms with Crippen molar-refractivity contribution in [1.82, 2.24) is 13.7 Å². The molecule has 1 rings (SSSR count). The number of unbranched alkanes of at least 4 members (excludes halogenated alkanes) is 1. The van der Waals surface area contributed by atoms with Crippen LogP contribution in [0.1, 0.15) is 26.7 Å². The third-order valence-corrected chi connectivity index (χ3v) is 2.67. The Labute approximate surface area is 111 Å². The van der Waals surface area contributed by atoms with Crippen molar-refractivity contribution in [2.45, 2.75) is 39.8 Å². The van der Waals surface area contributed by atoms with Crippen LogP contribution in [-0.4, -0.2) is 13.7 Å².